The molecule has 0 saturated carbocycles. The van der Waals surface area contributed by atoms with Crippen molar-refractivity contribution in [1.29, 1.82) is 0 Å². The molecular formula is C8H17NO2. The van der Waals surface area contributed by atoms with Crippen molar-refractivity contribution in [3.63, 3.8) is 0 Å². The van der Waals surface area contributed by atoms with Crippen molar-refractivity contribution < 1.29 is 9.90 Å². The Hall–Kier alpha value is -0.570. The normalized spacial score (nSPS) is 14.5. The maximum absolute atomic E-state index is 10.3. The van der Waals surface area contributed by atoms with Gasteiger partial charge in [-0.1, -0.05) is 20.8 Å². The van der Waals surface area contributed by atoms with Gasteiger partial charge in [-0.2, -0.15) is 0 Å². The number of nitrogens with two attached hydrogens (primary N) is 1. The maximum Gasteiger partial charge on any atom is 0.303 e. The third-order valence-corrected chi connectivity index (χ3v) is 2.34. The number of aliphatic carboxylic acids is 1. The fraction of sp³-hybridized carbons (Fsp3) is 0.875. The molecule has 1 atom stereocenters. The van der Waals surface area contributed by atoms with Gasteiger partial charge in [-0.25, -0.2) is 0 Å². The number of carboxylic acids is 1. The Bertz CT molecular complexity index is 143. The van der Waals surface area contributed by atoms with E-state index in [9.17, 15) is 4.79 Å². The van der Waals surface area contributed by atoms with Gasteiger partial charge in [0.25, 0.3) is 0 Å². The molecule has 0 saturated heterocycles. The first kappa shape index (κ1) is 10.4. The predicted molar refractivity (Wildman–Crippen MR) is 44.3 cm³/mol. The van der Waals surface area contributed by atoms with Crippen molar-refractivity contribution in [2.75, 3.05) is 6.54 Å². The Balaban J connectivity index is 4.01. The summed E-state index contributed by atoms with van der Waals surface area (Å²) >= 11 is 0. The van der Waals surface area contributed by atoms with E-state index < -0.39 is 5.97 Å². The van der Waals surface area contributed by atoms with Crippen LogP contribution in [-0.2, 0) is 4.79 Å². The molecule has 1 unspecified atom stereocenters. The molecule has 11 heavy (non-hydrogen) atoms. The largest absolute Gasteiger partial charge is 0.481 e. The van der Waals surface area contributed by atoms with E-state index in [1.807, 2.05) is 20.8 Å². The van der Waals surface area contributed by atoms with E-state index >= 15 is 0 Å². The summed E-state index contributed by atoms with van der Waals surface area (Å²) < 4.78 is 0. The Labute approximate surface area is 67.6 Å². The van der Waals surface area contributed by atoms with Crippen LogP contribution in [0, 0.1) is 11.3 Å². The minimum absolute atomic E-state index is 0.0710. The molecule has 3 heteroatoms. The van der Waals surface area contributed by atoms with Crippen LogP contribution in [-0.4, -0.2) is 17.6 Å². The SMILES string of the molecule is CC(CC(=O)O)C(C)(C)CN. The summed E-state index contributed by atoms with van der Waals surface area (Å²) in [5.74, 6) is -0.621. The molecule has 3 nitrogen and oxygen atoms in total. The summed E-state index contributed by atoms with van der Waals surface area (Å²) in [6.45, 7) is 6.42. The van der Waals surface area contributed by atoms with Crippen LogP contribution in [0.15, 0.2) is 0 Å². The van der Waals surface area contributed by atoms with Crippen LogP contribution in [0.25, 0.3) is 0 Å². The van der Waals surface area contributed by atoms with Crippen LogP contribution < -0.4 is 5.73 Å². The number of hydrogen-bond acceptors (Lipinski definition) is 2. The quantitative estimate of drug-likeness (QED) is 0.645. The highest BCUT2D eigenvalue weighted by Crippen LogP contribution is 2.27. The van der Waals surface area contributed by atoms with Crippen molar-refractivity contribution in [3.8, 4) is 0 Å². The van der Waals surface area contributed by atoms with Gasteiger partial charge in [-0.05, 0) is 17.9 Å². The zero-order valence-corrected chi connectivity index (χ0v) is 7.42. The first-order valence-corrected chi connectivity index (χ1v) is 3.82. The molecule has 0 aliphatic carbocycles. The van der Waals surface area contributed by atoms with Crippen molar-refractivity contribution in [2.24, 2.45) is 17.1 Å². The molecular weight excluding hydrogens is 142 g/mol. The summed E-state index contributed by atoms with van der Waals surface area (Å²) in [6.07, 6.45) is 0.199. The molecule has 0 aliphatic rings. The molecule has 0 aromatic heterocycles. The lowest BCUT2D eigenvalue weighted by molar-refractivity contribution is -0.138. The van der Waals surface area contributed by atoms with Gasteiger partial charge >= 0.3 is 5.97 Å². The van der Waals surface area contributed by atoms with E-state index in [0.717, 1.165) is 0 Å². The standard InChI is InChI=1S/C8H17NO2/c1-6(4-7(10)11)8(2,3)5-9/h6H,4-5,9H2,1-3H3,(H,10,11). The zero-order chi connectivity index (χ0) is 9.07. The molecule has 3 N–H and O–H groups in total. The molecule has 0 aliphatic heterocycles. The van der Waals surface area contributed by atoms with Gasteiger partial charge in [0.2, 0.25) is 0 Å². The Kier molecular flexibility index (Phi) is 3.52. The van der Waals surface area contributed by atoms with Gasteiger partial charge < -0.3 is 10.8 Å². The van der Waals surface area contributed by atoms with Gasteiger partial charge in [0.1, 0.15) is 0 Å². The molecule has 0 amide bonds. The second kappa shape index (κ2) is 3.72. The van der Waals surface area contributed by atoms with Crippen molar-refractivity contribution in [2.45, 2.75) is 27.2 Å². The van der Waals surface area contributed by atoms with Crippen LogP contribution in [0.1, 0.15) is 27.2 Å². The lowest BCUT2D eigenvalue weighted by atomic mass is 9.78. The highest BCUT2D eigenvalue weighted by molar-refractivity contribution is 5.67. The summed E-state index contributed by atoms with van der Waals surface area (Å²) in [5, 5.41) is 8.50. The zero-order valence-electron chi connectivity index (χ0n) is 7.42. The van der Waals surface area contributed by atoms with Crippen molar-refractivity contribution >= 4 is 5.97 Å². The molecule has 0 fully saturated rings. The average molecular weight is 159 g/mol. The van der Waals surface area contributed by atoms with Gasteiger partial charge in [-0.15, -0.1) is 0 Å². The fourth-order valence-electron chi connectivity index (χ4n) is 0.739. The lowest BCUT2D eigenvalue weighted by Crippen LogP contribution is -2.31. The minimum Gasteiger partial charge on any atom is -0.481 e. The Morgan fingerprint density at radius 3 is 2.36 bits per heavy atom. The smallest absolute Gasteiger partial charge is 0.303 e. The monoisotopic (exact) mass is 159 g/mol. The minimum atomic E-state index is -0.751. The molecule has 0 radical (unpaired) electrons. The number of carbonyl (C=O) groups is 1. The molecule has 0 aromatic rings. The van der Waals surface area contributed by atoms with E-state index in [2.05, 4.69) is 0 Å². The number of hydrogen-bond donors (Lipinski definition) is 2. The van der Waals surface area contributed by atoms with Crippen LogP contribution in [0.2, 0.25) is 0 Å². The van der Waals surface area contributed by atoms with Crippen LogP contribution >= 0.6 is 0 Å². The number of carboxylic acid groups (broad SMARTS) is 1. The maximum atomic E-state index is 10.3. The van der Waals surface area contributed by atoms with E-state index in [1.54, 1.807) is 0 Å². The van der Waals surface area contributed by atoms with E-state index in [0.29, 0.717) is 6.54 Å². The van der Waals surface area contributed by atoms with Crippen LogP contribution in [0.3, 0.4) is 0 Å². The topological polar surface area (TPSA) is 63.3 Å². The second-order valence-electron chi connectivity index (χ2n) is 3.69. The highest BCUT2D eigenvalue weighted by Gasteiger charge is 2.25. The molecule has 0 heterocycles. The first-order chi connectivity index (χ1) is 4.90. The van der Waals surface area contributed by atoms with Gasteiger partial charge in [0, 0.05) is 6.42 Å². The summed E-state index contributed by atoms with van der Waals surface area (Å²) in [4.78, 5) is 10.3. The summed E-state index contributed by atoms with van der Waals surface area (Å²) in [5.41, 5.74) is 5.42. The van der Waals surface area contributed by atoms with E-state index in [-0.39, 0.29) is 17.8 Å². The van der Waals surface area contributed by atoms with E-state index in [4.69, 9.17) is 10.8 Å². The fourth-order valence-corrected chi connectivity index (χ4v) is 0.739. The average Bonchev–Trinajstić information content (AvgIpc) is 1.86. The first-order valence-electron chi connectivity index (χ1n) is 3.82. The molecule has 0 spiro atoms. The van der Waals surface area contributed by atoms with Gasteiger partial charge in [-0.3, -0.25) is 4.79 Å². The van der Waals surface area contributed by atoms with Crippen LogP contribution in [0.5, 0.6) is 0 Å². The van der Waals surface area contributed by atoms with E-state index in [1.165, 1.54) is 0 Å². The molecule has 0 rings (SSSR count). The van der Waals surface area contributed by atoms with Gasteiger partial charge in [0.05, 0.1) is 0 Å². The molecule has 66 valence electrons. The second-order valence-corrected chi connectivity index (χ2v) is 3.69. The molecule has 0 aromatic carbocycles. The number of rotatable bonds is 4. The Morgan fingerprint density at radius 1 is 1.64 bits per heavy atom. The summed E-state index contributed by atoms with van der Waals surface area (Å²) in [6, 6.07) is 0. The lowest BCUT2D eigenvalue weighted by Gasteiger charge is -2.28. The summed E-state index contributed by atoms with van der Waals surface area (Å²) in [7, 11) is 0. The third kappa shape index (κ3) is 3.37. The Morgan fingerprint density at radius 2 is 2.09 bits per heavy atom. The predicted octanol–water partition coefficient (Wildman–Crippen LogP) is 1.08. The van der Waals surface area contributed by atoms with Crippen molar-refractivity contribution in [1.82, 2.24) is 0 Å². The van der Waals surface area contributed by atoms with Crippen molar-refractivity contribution in [3.05, 3.63) is 0 Å². The third-order valence-electron chi connectivity index (χ3n) is 2.34. The van der Waals surface area contributed by atoms with Crippen LogP contribution in [0.4, 0.5) is 0 Å². The highest BCUT2D eigenvalue weighted by atomic mass is 16.4. The van der Waals surface area contributed by atoms with Gasteiger partial charge in [0.15, 0.2) is 0 Å². The molecule has 0 bridgehead atoms.